The number of hydrogen-bond acceptors (Lipinski definition) is 3. The molecule has 0 spiro atoms. The van der Waals surface area contributed by atoms with Crippen LogP contribution in [0.5, 0.6) is 0 Å². The van der Waals surface area contributed by atoms with Crippen molar-refractivity contribution in [2.45, 2.75) is 39.4 Å². The standard InChI is InChI=1S/C13H22F3N3/c1-8-10(11(17-6)13(14,15)16)19(7)9(2)18-12(3,4)5/h8,18H,2H2,1,3-7H3/b10-8+,17-11+. The van der Waals surface area contributed by atoms with E-state index in [0.717, 1.165) is 7.05 Å². The molecule has 0 unspecified atom stereocenters. The molecule has 0 atom stereocenters. The Morgan fingerprint density at radius 1 is 1.26 bits per heavy atom. The zero-order chi connectivity index (χ0) is 15.4. The number of aliphatic imine (C=N–C) groups is 1. The smallest absolute Gasteiger partial charge is 0.367 e. The minimum absolute atomic E-state index is 0.0308. The zero-order valence-electron chi connectivity index (χ0n) is 12.3. The molecule has 0 saturated heterocycles. The van der Waals surface area contributed by atoms with Crippen LogP contribution < -0.4 is 5.32 Å². The summed E-state index contributed by atoms with van der Waals surface area (Å²) in [7, 11) is 2.65. The number of nitrogens with zero attached hydrogens (tertiary/aromatic N) is 2. The Balaban J connectivity index is 5.25. The normalized spacial score (nSPS) is 14.4. The van der Waals surface area contributed by atoms with Gasteiger partial charge < -0.3 is 10.2 Å². The highest BCUT2D eigenvalue weighted by Crippen LogP contribution is 2.25. The van der Waals surface area contributed by atoms with Crippen molar-refractivity contribution in [3.05, 3.63) is 24.2 Å². The van der Waals surface area contributed by atoms with Crippen LogP contribution in [0.3, 0.4) is 0 Å². The molecule has 0 heterocycles. The molecule has 0 aromatic heterocycles. The van der Waals surface area contributed by atoms with Crippen LogP contribution in [0.25, 0.3) is 0 Å². The Labute approximate surface area is 112 Å². The van der Waals surface area contributed by atoms with E-state index < -0.39 is 11.9 Å². The van der Waals surface area contributed by atoms with Gasteiger partial charge in [-0.3, -0.25) is 4.99 Å². The number of alkyl halides is 3. The van der Waals surface area contributed by atoms with E-state index >= 15 is 0 Å². The summed E-state index contributed by atoms with van der Waals surface area (Å²) >= 11 is 0. The lowest BCUT2D eigenvalue weighted by atomic mass is 10.1. The van der Waals surface area contributed by atoms with E-state index in [-0.39, 0.29) is 11.2 Å². The summed E-state index contributed by atoms with van der Waals surface area (Å²) in [6.07, 6.45) is -3.13. The third-order valence-electron chi connectivity index (χ3n) is 2.29. The lowest BCUT2D eigenvalue weighted by molar-refractivity contribution is -0.0591. The summed E-state index contributed by atoms with van der Waals surface area (Å²) < 4.78 is 38.6. The molecule has 0 aliphatic heterocycles. The van der Waals surface area contributed by atoms with Crippen LogP contribution in [0.15, 0.2) is 29.2 Å². The van der Waals surface area contributed by atoms with Crippen molar-refractivity contribution in [1.82, 2.24) is 10.2 Å². The summed E-state index contributed by atoms with van der Waals surface area (Å²) in [6, 6.07) is 0. The predicted octanol–water partition coefficient (Wildman–Crippen LogP) is 3.31. The average molecular weight is 277 g/mol. The van der Waals surface area contributed by atoms with Crippen molar-refractivity contribution in [3.63, 3.8) is 0 Å². The topological polar surface area (TPSA) is 27.6 Å². The fraction of sp³-hybridized carbons (Fsp3) is 0.615. The Morgan fingerprint density at radius 3 is 2.00 bits per heavy atom. The van der Waals surface area contributed by atoms with Gasteiger partial charge in [-0.25, -0.2) is 0 Å². The Morgan fingerprint density at radius 2 is 1.74 bits per heavy atom. The number of nitrogens with one attached hydrogen (secondary N) is 1. The van der Waals surface area contributed by atoms with E-state index in [1.807, 2.05) is 20.8 Å². The van der Waals surface area contributed by atoms with Gasteiger partial charge in [0.05, 0.1) is 11.5 Å². The highest BCUT2D eigenvalue weighted by atomic mass is 19.4. The van der Waals surface area contributed by atoms with Crippen molar-refractivity contribution in [2.24, 2.45) is 4.99 Å². The second-order valence-corrected chi connectivity index (χ2v) is 5.12. The first-order chi connectivity index (χ1) is 8.44. The second-order valence-electron chi connectivity index (χ2n) is 5.12. The van der Waals surface area contributed by atoms with Gasteiger partial charge in [0.15, 0.2) is 5.71 Å². The molecule has 1 N–H and O–H groups in total. The molecule has 0 aliphatic rings. The van der Waals surface area contributed by atoms with Gasteiger partial charge in [0.2, 0.25) is 0 Å². The maximum absolute atomic E-state index is 12.9. The Bertz CT molecular complexity index is 387. The summed E-state index contributed by atoms with van der Waals surface area (Å²) in [4.78, 5) is 4.69. The van der Waals surface area contributed by atoms with Gasteiger partial charge in [0.25, 0.3) is 0 Å². The molecule has 0 aromatic carbocycles. The fourth-order valence-corrected chi connectivity index (χ4v) is 1.54. The van der Waals surface area contributed by atoms with E-state index in [1.165, 1.54) is 24.9 Å². The lowest BCUT2D eigenvalue weighted by Crippen LogP contribution is -2.42. The Kier molecular flexibility index (Phi) is 5.65. The average Bonchev–Trinajstić information content (AvgIpc) is 2.20. The van der Waals surface area contributed by atoms with Crippen molar-refractivity contribution >= 4 is 5.71 Å². The van der Waals surface area contributed by atoms with Crippen LogP contribution in [0.1, 0.15) is 27.7 Å². The highest BCUT2D eigenvalue weighted by Gasteiger charge is 2.39. The van der Waals surface area contributed by atoms with Gasteiger partial charge in [-0.05, 0) is 27.7 Å². The van der Waals surface area contributed by atoms with E-state index in [0.29, 0.717) is 5.82 Å². The van der Waals surface area contributed by atoms with Crippen molar-refractivity contribution < 1.29 is 13.2 Å². The summed E-state index contributed by atoms with van der Waals surface area (Å²) in [6.45, 7) is 11.0. The quantitative estimate of drug-likeness (QED) is 0.798. The van der Waals surface area contributed by atoms with Crippen molar-refractivity contribution in [1.29, 1.82) is 0 Å². The lowest BCUT2D eigenvalue weighted by Gasteiger charge is -2.32. The molecule has 0 saturated carbocycles. The summed E-state index contributed by atoms with van der Waals surface area (Å²) in [5, 5.41) is 3.03. The largest absolute Gasteiger partial charge is 0.434 e. The molecule has 0 rings (SSSR count). The molecule has 19 heavy (non-hydrogen) atoms. The van der Waals surface area contributed by atoms with Gasteiger partial charge in [-0.2, -0.15) is 13.2 Å². The Hall–Kier alpha value is -1.46. The van der Waals surface area contributed by atoms with Crippen molar-refractivity contribution in [3.8, 4) is 0 Å². The maximum atomic E-state index is 12.9. The molecule has 110 valence electrons. The molecule has 0 amide bonds. The molecule has 6 heteroatoms. The first-order valence-corrected chi connectivity index (χ1v) is 5.85. The molecule has 0 radical (unpaired) electrons. The minimum Gasteiger partial charge on any atom is -0.367 e. The fourth-order valence-electron chi connectivity index (χ4n) is 1.54. The van der Waals surface area contributed by atoms with E-state index in [2.05, 4.69) is 16.9 Å². The van der Waals surface area contributed by atoms with Gasteiger partial charge in [0, 0.05) is 19.6 Å². The molecule has 0 aliphatic carbocycles. The summed E-state index contributed by atoms with van der Waals surface area (Å²) in [5.41, 5.74) is -1.24. The molecule has 0 fully saturated rings. The monoisotopic (exact) mass is 277 g/mol. The maximum Gasteiger partial charge on any atom is 0.434 e. The van der Waals surface area contributed by atoms with Gasteiger partial charge in [0.1, 0.15) is 0 Å². The molecule has 3 nitrogen and oxygen atoms in total. The van der Waals surface area contributed by atoms with Crippen LogP contribution in [-0.2, 0) is 0 Å². The van der Waals surface area contributed by atoms with E-state index in [9.17, 15) is 13.2 Å². The van der Waals surface area contributed by atoms with Crippen LogP contribution in [0.4, 0.5) is 13.2 Å². The van der Waals surface area contributed by atoms with Crippen LogP contribution in [-0.4, -0.2) is 36.4 Å². The molecular formula is C13H22F3N3. The zero-order valence-corrected chi connectivity index (χ0v) is 12.3. The third-order valence-corrected chi connectivity index (χ3v) is 2.29. The number of halogens is 3. The second kappa shape index (κ2) is 6.12. The van der Waals surface area contributed by atoms with E-state index in [1.54, 1.807) is 0 Å². The van der Waals surface area contributed by atoms with Crippen LogP contribution in [0.2, 0.25) is 0 Å². The predicted molar refractivity (Wildman–Crippen MR) is 73.0 cm³/mol. The van der Waals surface area contributed by atoms with Gasteiger partial charge >= 0.3 is 6.18 Å². The first-order valence-electron chi connectivity index (χ1n) is 5.85. The first kappa shape index (κ1) is 17.5. The van der Waals surface area contributed by atoms with Crippen LogP contribution >= 0.6 is 0 Å². The van der Waals surface area contributed by atoms with Crippen LogP contribution in [0, 0.1) is 0 Å². The SMILES string of the molecule is C=C(NC(C)(C)C)N(C)C(=C/C)/C(=N\C)C(F)(F)F. The molecular weight excluding hydrogens is 255 g/mol. The summed E-state index contributed by atoms with van der Waals surface area (Å²) in [5.74, 6) is 0.381. The molecule has 0 bridgehead atoms. The minimum atomic E-state index is -4.49. The van der Waals surface area contributed by atoms with E-state index in [4.69, 9.17) is 0 Å². The third kappa shape index (κ3) is 5.36. The van der Waals surface area contributed by atoms with Crippen molar-refractivity contribution in [2.75, 3.05) is 14.1 Å². The molecule has 0 aromatic rings. The number of allylic oxidation sites excluding steroid dienone is 2. The van der Waals surface area contributed by atoms with Gasteiger partial charge in [-0.1, -0.05) is 12.7 Å². The number of hydrogen-bond donors (Lipinski definition) is 1. The van der Waals surface area contributed by atoms with Gasteiger partial charge in [-0.15, -0.1) is 0 Å². The highest BCUT2D eigenvalue weighted by molar-refractivity contribution is 6.03. The number of rotatable bonds is 4.